The second-order valence-electron chi connectivity index (χ2n) is 9.84. The van der Waals surface area contributed by atoms with Crippen LogP contribution in [-0.2, 0) is 31.0 Å². The molecule has 3 aromatic rings. The highest BCUT2D eigenvalue weighted by Gasteiger charge is 2.34. The van der Waals surface area contributed by atoms with Crippen LogP contribution in [0.15, 0.2) is 71.7 Å². The molecule has 0 spiro atoms. The molecule has 1 N–H and O–H groups in total. The van der Waals surface area contributed by atoms with E-state index in [-0.39, 0.29) is 24.0 Å². The van der Waals surface area contributed by atoms with Crippen molar-refractivity contribution in [3.8, 4) is 0 Å². The van der Waals surface area contributed by atoms with Gasteiger partial charge in [0.15, 0.2) is 0 Å². The van der Waals surface area contributed by atoms with Crippen molar-refractivity contribution in [1.29, 1.82) is 0 Å². The van der Waals surface area contributed by atoms with Gasteiger partial charge in [0.2, 0.25) is 0 Å². The van der Waals surface area contributed by atoms with E-state index in [0.717, 1.165) is 24.5 Å². The summed E-state index contributed by atoms with van der Waals surface area (Å²) in [6.45, 7) is 6.52. The summed E-state index contributed by atoms with van der Waals surface area (Å²) in [6, 6.07) is 18.4. The zero-order valence-electron chi connectivity index (χ0n) is 19.1. The second kappa shape index (κ2) is 8.82. The minimum Gasteiger partial charge on any atom is -0.313 e. The minimum atomic E-state index is -4.68. The van der Waals surface area contributed by atoms with Gasteiger partial charge in [-0.05, 0) is 52.6 Å². The zero-order valence-corrected chi connectivity index (χ0v) is 19.1. The highest BCUT2D eigenvalue weighted by molar-refractivity contribution is 5.34. The monoisotopic (exact) mass is 454 g/mol. The molecule has 0 saturated heterocycles. The molecule has 1 heterocycles. The molecule has 0 bridgehead atoms. The lowest BCUT2D eigenvalue weighted by Gasteiger charge is -2.26. The highest BCUT2D eigenvalue weighted by atomic mass is 19.4. The first-order valence-electron chi connectivity index (χ1n) is 11.2. The summed E-state index contributed by atoms with van der Waals surface area (Å²) in [5, 5.41) is 3.63. The van der Waals surface area contributed by atoms with E-state index in [1.165, 1.54) is 33.5 Å². The van der Waals surface area contributed by atoms with Crippen LogP contribution < -0.4 is 10.9 Å². The number of nitrogens with one attached hydrogen (secondary N) is 1. The van der Waals surface area contributed by atoms with Crippen LogP contribution in [0.1, 0.15) is 54.6 Å². The van der Waals surface area contributed by atoms with Crippen molar-refractivity contribution in [1.82, 2.24) is 9.88 Å². The van der Waals surface area contributed by atoms with Gasteiger partial charge in [0.1, 0.15) is 5.56 Å². The van der Waals surface area contributed by atoms with E-state index < -0.39 is 17.3 Å². The van der Waals surface area contributed by atoms with Gasteiger partial charge in [-0.25, -0.2) is 0 Å². The van der Waals surface area contributed by atoms with E-state index in [0.29, 0.717) is 0 Å². The van der Waals surface area contributed by atoms with Gasteiger partial charge in [-0.3, -0.25) is 4.79 Å². The average molecular weight is 455 g/mol. The minimum absolute atomic E-state index is 0.00741. The van der Waals surface area contributed by atoms with Crippen LogP contribution in [-0.4, -0.2) is 10.6 Å². The maximum absolute atomic E-state index is 13.3. The maximum Gasteiger partial charge on any atom is 0.421 e. The van der Waals surface area contributed by atoms with E-state index in [4.69, 9.17) is 0 Å². The molecule has 174 valence electrons. The molecule has 1 unspecified atom stereocenters. The predicted molar refractivity (Wildman–Crippen MR) is 124 cm³/mol. The van der Waals surface area contributed by atoms with Crippen molar-refractivity contribution in [3.05, 3.63) is 105 Å². The van der Waals surface area contributed by atoms with E-state index >= 15 is 0 Å². The Labute approximate surface area is 192 Å². The molecule has 1 aromatic heterocycles. The summed E-state index contributed by atoms with van der Waals surface area (Å²) >= 11 is 0. The first kappa shape index (κ1) is 23.3. The van der Waals surface area contributed by atoms with Crippen molar-refractivity contribution in [2.75, 3.05) is 0 Å². The molecule has 33 heavy (non-hydrogen) atoms. The molecule has 0 amide bonds. The van der Waals surface area contributed by atoms with Crippen LogP contribution in [0.3, 0.4) is 0 Å². The van der Waals surface area contributed by atoms with E-state index in [9.17, 15) is 18.0 Å². The van der Waals surface area contributed by atoms with Crippen LogP contribution in [0.2, 0.25) is 0 Å². The Balaban J connectivity index is 1.64. The first-order chi connectivity index (χ1) is 15.5. The molecule has 3 nitrogen and oxygen atoms in total. The Kier molecular flexibility index (Phi) is 6.23. The van der Waals surface area contributed by atoms with Gasteiger partial charge in [-0.2, -0.15) is 13.2 Å². The fourth-order valence-electron chi connectivity index (χ4n) is 4.52. The summed E-state index contributed by atoms with van der Waals surface area (Å²) < 4.78 is 41.1. The normalized spacial score (nSPS) is 15.5. The number of alkyl halides is 3. The first-order valence-corrected chi connectivity index (χ1v) is 11.2. The lowest BCUT2D eigenvalue weighted by molar-refractivity contribution is -0.139. The molecule has 6 heteroatoms. The summed E-state index contributed by atoms with van der Waals surface area (Å²) in [7, 11) is 0. The fourth-order valence-corrected chi connectivity index (χ4v) is 4.52. The van der Waals surface area contributed by atoms with Crippen molar-refractivity contribution < 1.29 is 13.2 Å². The number of benzene rings is 2. The SMILES string of the molecule is CC(C)(C)c1ccc(C(Cn2cccc(C(F)(F)F)c2=O)NC2Cc3ccccc3C2)cc1. The van der Waals surface area contributed by atoms with Crippen molar-refractivity contribution >= 4 is 0 Å². The van der Waals surface area contributed by atoms with Crippen LogP contribution in [0.5, 0.6) is 0 Å². The Morgan fingerprint density at radius 1 is 0.939 bits per heavy atom. The fraction of sp³-hybridized carbons (Fsp3) is 0.370. The number of nitrogens with zero attached hydrogens (tertiary/aromatic N) is 1. The standard InChI is InChI=1S/C27H29F3N2O/c1-26(2,3)21-12-10-18(11-13-21)24(31-22-15-19-7-4-5-8-20(19)16-22)17-32-14-6-9-23(25(32)33)27(28,29)30/h4-14,22,24,31H,15-17H2,1-3H3. The van der Waals surface area contributed by atoms with E-state index in [1.807, 2.05) is 24.3 Å². The Hall–Kier alpha value is -2.86. The molecule has 1 aliphatic rings. The quantitative estimate of drug-likeness (QED) is 0.540. The number of halogens is 3. The summed E-state index contributed by atoms with van der Waals surface area (Å²) in [6.07, 6.45) is -1.54. The van der Waals surface area contributed by atoms with Gasteiger partial charge in [0.05, 0.1) is 6.04 Å². The summed E-state index contributed by atoms with van der Waals surface area (Å²) in [5.74, 6) is 0. The second-order valence-corrected chi connectivity index (χ2v) is 9.84. The third kappa shape index (κ3) is 5.22. The van der Waals surface area contributed by atoms with Crippen molar-refractivity contribution in [2.24, 2.45) is 0 Å². The zero-order chi connectivity index (χ0) is 23.8. The van der Waals surface area contributed by atoms with Crippen LogP contribution in [0.25, 0.3) is 0 Å². The van der Waals surface area contributed by atoms with Gasteiger partial charge in [0.25, 0.3) is 5.56 Å². The average Bonchev–Trinajstić information content (AvgIpc) is 3.16. The molecule has 0 saturated carbocycles. The van der Waals surface area contributed by atoms with E-state index in [1.54, 1.807) is 0 Å². The van der Waals surface area contributed by atoms with Crippen LogP contribution in [0.4, 0.5) is 13.2 Å². The molecule has 2 aromatic carbocycles. The largest absolute Gasteiger partial charge is 0.421 e. The molecule has 1 atom stereocenters. The van der Waals surface area contributed by atoms with Crippen LogP contribution >= 0.6 is 0 Å². The number of aromatic nitrogens is 1. The topological polar surface area (TPSA) is 34.0 Å². The van der Waals surface area contributed by atoms with Gasteiger partial charge in [0, 0.05) is 18.8 Å². The Bertz CT molecular complexity index is 1150. The molecule has 0 aliphatic heterocycles. The van der Waals surface area contributed by atoms with Gasteiger partial charge >= 0.3 is 6.18 Å². The molecule has 1 aliphatic carbocycles. The number of hydrogen-bond acceptors (Lipinski definition) is 2. The van der Waals surface area contributed by atoms with E-state index in [2.05, 4.69) is 50.4 Å². The molecular weight excluding hydrogens is 425 g/mol. The van der Waals surface area contributed by atoms with Gasteiger partial charge < -0.3 is 9.88 Å². The smallest absolute Gasteiger partial charge is 0.313 e. The number of hydrogen-bond donors (Lipinski definition) is 1. The van der Waals surface area contributed by atoms with Gasteiger partial charge in [-0.1, -0.05) is 69.3 Å². The lowest BCUT2D eigenvalue weighted by atomic mass is 9.86. The highest BCUT2D eigenvalue weighted by Crippen LogP contribution is 2.29. The third-order valence-corrected chi connectivity index (χ3v) is 6.37. The maximum atomic E-state index is 13.3. The number of fused-ring (bicyclic) bond motifs is 1. The number of rotatable bonds is 5. The number of pyridine rings is 1. The summed E-state index contributed by atoms with van der Waals surface area (Å²) in [4.78, 5) is 12.6. The summed E-state index contributed by atoms with van der Waals surface area (Å²) in [5.41, 5.74) is 2.53. The molecule has 4 rings (SSSR count). The Morgan fingerprint density at radius 3 is 2.09 bits per heavy atom. The van der Waals surface area contributed by atoms with Gasteiger partial charge in [-0.15, -0.1) is 0 Å². The van der Waals surface area contributed by atoms with Crippen molar-refractivity contribution in [2.45, 2.75) is 63.8 Å². The van der Waals surface area contributed by atoms with Crippen molar-refractivity contribution in [3.63, 3.8) is 0 Å². The Morgan fingerprint density at radius 2 is 1.55 bits per heavy atom. The lowest BCUT2D eigenvalue weighted by Crippen LogP contribution is -2.38. The predicted octanol–water partition coefficient (Wildman–Crippen LogP) is 5.66. The molecule has 0 fully saturated rings. The molecule has 0 radical (unpaired) electrons. The molecular formula is C27H29F3N2O. The third-order valence-electron chi connectivity index (χ3n) is 6.37. The van der Waals surface area contributed by atoms with Crippen LogP contribution in [0, 0.1) is 0 Å².